The summed E-state index contributed by atoms with van der Waals surface area (Å²) in [5.41, 5.74) is 2.42. The molecule has 0 heterocycles. The third-order valence-electron chi connectivity index (χ3n) is 4.74. The maximum atomic E-state index is 12.6. The van der Waals surface area contributed by atoms with Gasteiger partial charge in [0.15, 0.2) is 0 Å². The van der Waals surface area contributed by atoms with Gasteiger partial charge in [-0.2, -0.15) is 0 Å². The first-order valence-electron chi connectivity index (χ1n) is 7.26. The van der Waals surface area contributed by atoms with Gasteiger partial charge >= 0.3 is 0 Å². The summed E-state index contributed by atoms with van der Waals surface area (Å²) in [4.78, 5) is 12.6. The Morgan fingerprint density at radius 3 is 2.84 bits per heavy atom. The van der Waals surface area contributed by atoms with Crippen molar-refractivity contribution in [3.05, 3.63) is 29.3 Å². The topological polar surface area (TPSA) is 26.3 Å². The summed E-state index contributed by atoms with van der Waals surface area (Å²) in [7, 11) is 1.70. The molecule has 102 valence electrons. The van der Waals surface area contributed by atoms with E-state index in [1.54, 1.807) is 7.11 Å². The van der Waals surface area contributed by atoms with E-state index >= 15 is 0 Å². The van der Waals surface area contributed by atoms with Gasteiger partial charge in [0.2, 0.25) is 0 Å². The lowest BCUT2D eigenvalue weighted by Gasteiger charge is -2.35. The number of fused-ring (bicyclic) bond motifs is 4. The number of hydrogen-bond donors (Lipinski definition) is 0. The Morgan fingerprint density at radius 1 is 1.37 bits per heavy atom. The van der Waals surface area contributed by atoms with Crippen LogP contribution in [0.2, 0.25) is 0 Å². The lowest BCUT2D eigenvalue weighted by Crippen LogP contribution is -2.35. The van der Waals surface area contributed by atoms with Crippen molar-refractivity contribution in [3.63, 3.8) is 0 Å². The Bertz CT molecular complexity index is 518. The lowest BCUT2D eigenvalue weighted by molar-refractivity contribution is -0.122. The quantitative estimate of drug-likeness (QED) is 0.829. The molecule has 0 aromatic heterocycles. The monoisotopic (exact) mass is 258 g/mol. The second-order valence-corrected chi connectivity index (χ2v) is 6.60. The van der Waals surface area contributed by atoms with Gasteiger partial charge in [0, 0.05) is 6.42 Å². The van der Waals surface area contributed by atoms with E-state index in [1.807, 2.05) is 6.07 Å². The number of ketones is 1. The van der Waals surface area contributed by atoms with Gasteiger partial charge < -0.3 is 4.74 Å². The van der Waals surface area contributed by atoms with Crippen molar-refractivity contribution in [2.24, 2.45) is 11.8 Å². The van der Waals surface area contributed by atoms with E-state index < -0.39 is 0 Å². The van der Waals surface area contributed by atoms with Crippen molar-refractivity contribution < 1.29 is 9.53 Å². The molecule has 1 fully saturated rings. The summed E-state index contributed by atoms with van der Waals surface area (Å²) in [5, 5.41) is 0. The first-order valence-corrected chi connectivity index (χ1v) is 7.26. The highest BCUT2D eigenvalue weighted by atomic mass is 16.5. The number of Topliss-reactive ketones (excluding diaryl/α,β-unsaturated/α-hetero) is 1. The fourth-order valence-corrected chi connectivity index (χ4v) is 4.19. The Hall–Kier alpha value is -1.31. The molecular formula is C17H22O2. The van der Waals surface area contributed by atoms with Crippen LogP contribution >= 0.6 is 0 Å². The van der Waals surface area contributed by atoms with Crippen molar-refractivity contribution in [1.82, 2.24) is 0 Å². The number of hydrogen-bond acceptors (Lipinski definition) is 2. The Kier molecular flexibility index (Phi) is 2.92. The maximum Gasteiger partial charge on any atom is 0.143 e. The fourth-order valence-electron chi connectivity index (χ4n) is 4.19. The van der Waals surface area contributed by atoms with E-state index in [9.17, 15) is 4.79 Å². The molecule has 1 aromatic rings. The molecule has 2 atom stereocenters. The zero-order chi connectivity index (χ0) is 13.6. The van der Waals surface area contributed by atoms with Crippen LogP contribution in [0.25, 0.3) is 0 Å². The highest BCUT2D eigenvalue weighted by Crippen LogP contribution is 2.52. The summed E-state index contributed by atoms with van der Waals surface area (Å²) in [6.45, 7) is 4.43. The molecule has 0 amide bonds. The molecule has 0 N–H and O–H groups in total. The van der Waals surface area contributed by atoms with Crippen LogP contribution in [-0.4, -0.2) is 12.9 Å². The summed E-state index contributed by atoms with van der Waals surface area (Å²) < 4.78 is 5.33. The van der Waals surface area contributed by atoms with Crippen molar-refractivity contribution in [2.75, 3.05) is 7.11 Å². The van der Waals surface area contributed by atoms with Crippen LogP contribution in [-0.2, 0) is 16.6 Å². The summed E-state index contributed by atoms with van der Waals surface area (Å²) in [5.74, 6) is 2.48. The minimum Gasteiger partial charge on any atom is -0.497 e. The Morgan fingerprint density at radius 2 is 2.16 bits per heavy atom. The smallest absolute Gasteiger partial charge is 0.143 e. The van der Waals surface area contributed by atoms with Gasteiger partial charge in [-0.1, -0.05) is 19.9 Å². The number of carbonyl (C=O) groups excluding carboxylic acids is 1. The minimum absolute atomic E-state index is 0.196. The molecule has 2 aliphatic carbocycles. The predicted molar refractivity (Wildman–Crippen MR) is 75.6 cm³/mol. The largest absolute Gasteiger partial charge is 0.497 e. The lowest BCUT2D eigenvalue weighted by atomic mass is 9.67. The van der Waals surface area contributed by atoms with Crippen molar-refractivity contribution in [1.29, 1.82) is 0 Å². The number of carbonyl (C=O) groups is 1. The zero-order valence-corrected chi connectivity index (χ0v) is 12.0. The zero-order valence-electron chi connectivity index (χ0n) is 12.0. The molecular weight excluding hydrogens is 236 g/mol. The Labute approximate surface area is 115 Å². The van der Waals surface area contributed by atoms with Crippen LogP contribution in [0, 0.1) is 11.8 Å². The molecule has 0 spiro atoms. The van der Waals surface area contributed by atoms with Crippen molar-refractivity contribution >= 4 is 5.78 Å². The fraction of sp³-hybridized carbons (Fsp3) is 0.588. The van der Waals surface area contributed by atoms with Crippen LogP contribution in [0.15, 0.2) is 18.2 Å². The van der Waals surface area contributed by atoms with Crippen molar-refractivity contribution in [2.45, 2.75) is 44.9 Å². The summed E-state index contributed by atoms with van der Waals surface area (Å²) >= 11 is 0. The molecule has 2 bridgehead atoms. The molecule has 0 radical (unpaired) electrons. The van der Waals surface area contributed by atoms with Crippen LogP contribution in [0.3, 0.4) is 0 Å². The SMILES string of the molecule is COc1ccc2c(c1)CC1CC(=O)C2(CC(C)C)C1. The first-order chi connectivity index (χ1) is 9.05. The average molecular weight is 258 g/mol. The van der Waals surface area contributed by atoms with Crippen LogP contribution in [0.5, 0.6) is 5.75 Å². The molecule has 1 saturated carbocycles. The first kappa shape index (κ1) is 12.7. The number of ether oxygens (including phenoxy) is 1. The average Bonchev–Trinajstić information content (AvgIpc) is 2.60. The minimum atomic E-state index is -0.196. The van der Waals surface area contributed by atoms with Gasteiger partial charge in [-0.3, -0.25) is 4.79 Å². The van der Waals surface area contributed by atoms with E-state index in [2.05, 4.69) is 26.0 Å². The standard InChI is InChI=1S/C17H22O2/c1-11(2)9-17-10-12(7-16(17)18)6-13-8-14(19-3)4-5-15(13)17/h4-5,8,11-12H,6-7,9-10H2,1-3H3. The molecule has 2 aliphatic rings. The van der Waals surface area contributed by atoms with Gasteiger partial charge in [-0.25, -0.2) is 0 Å². The van der Waals surface area contributed by atoms with E-state index in [0.29, 0.717) is 17.6 Å². The van der Waals surface area contributed by atoms with Gasteiger partial charge in [0.1, 0.15) is 11.5 Å². The van der Waals surface area contributed by atoms with Gasteiger partial charge in [-0.05, 0) is 54.4 Å². The molecule has 3 rings (SSSR count). The highest BCUT2D eigenvalue weighted by molar-refractivity contribution is 5.93. The summed E-state index contributed by atoms with van der Waals surface area (Å²) in [6, 6.07) is 6.28. The van der Waals surface area contributed by atoms with E-state index in [1.165, 1.54) is 11.1 Å². The Balaban J connectivity index is 2.11. The second-order valence-electron chi connectivity index (χ2n) is 6.60. The van der Waals surface area contributed by atoms with Gasteiger partial charge in [0.25, 0.3) is 0 Å². The molecule has 2 nitrogen and oxygen atoms in total. The maximum absolute atomic E-state index is 12.6. The normalized spacial score (nSPS) is 28.6. The second kappa shape index (κ2) is 4.36. The molecule has 2 unspecified atom stereocenters. The number of rotatable bonds is 3. The van der Waals surface area contributed by atoms with Crippen LogP contribution in [0.4, 0.5) is 0 Å². The van der Waals surface area contributed by atoms with E-state index in [-0.39, 0.29) is 5.41 Å². The van der Waals surface area contributed by atoms with Crippen molar-refractivity contribution in [3.8, 4) is 5.75 Å². The van der Waals surface area contributed by atoms with Gasteiger partial charge in [0.05, 0.1) is 12.5 Å². The van der Waals surface area contributed by atoms with Crippen LogP contribution in [0.1, 0.15) is 44.2 Å². The predicted octanol–water partition coefficient (Wildman–Crippen LogP) is 3.51. The molecule has 1 aromatic carbocycles. The van der Waals surface area contributed by atoms with E-state index in [4.69, 9.17) is 4.74 Å². The van der Waals surface area contributed by atoms with E-state index in [0.717, 1.165) is 31.4 Å². The third kappa shape index (κ3) is 1.89. The highest BCUT2D eigenvalue weighted by Gasteiger charge is 2.51. The number of methoxy groups -OCH3 is 1. The third-order valence-corrected chi connectivity index (χ3v) is 4.74. The molecule has 19 heavy (non-hydrogen) atoms. The number of benzene rings is 1. The molecule has 2 heteroatoms. The van der Waals surface area contributed by atoms with Crippen LogP contribution < -0.4 is 4.74 Å². The van der Waals surface area contributed by atoms with Gasteiger partial charge in [-0.15, -0.1) is 0 Å². The molecule has 0 saturated heterocycles. The summed E-state index contributed by atoms with van der Waals surface area (Å²) in [6.07, 6.45) is 3.85. The molecule has 0 aliphatic heterocycles.